The number of amides is 1. The van der Waals surface area contributed by atoms with Gasteiger partial charge in [-0.1, -0.05) is 59.8 Å². The first-order valence-corrected chi connectivity index (χ1v) is 9.27. The van der Waals surface area contributed by atoms with Gasteiger partial charge in [0.1, 0.15) is 0 Å². The Kier molecular flexibility index (Phi) is 5.56. The Labute approximate surface area is 152 Å². The predicted octanol–water partition coefficient (Wildman–Crippen LogP) is 4.08. The van der Waals surface area contributed by atoms with Crippen LogP contribution >= 0.6 is 11.8 Å². The summed E-state index contributed by atoms with van der Waals surface area (Å²) in [5.41, 5.74) is 4.37. The number of aryl methyl sites for hydroxylation is 1. The average Bonchev–Trinajstić information content (AvgIpc) is 3.05. The number of benzene rings is 2. The zero-order chi connectivity index (χ0) is 17.6. The molecular formula is C20H21N3OS. The zero-order valence-electron chi connectivity index (χ0n) is 14.4. The van der Waals surface area contributed by atoms with Gasteiger partial charge in [0.2, 0.25) is 5.91 Å². The van der Waals surface area contributed by atoms with Gasteiger partial charge in [0, 0.05) is 17.8 Å². The van der Waals surface area contributed by atoms with Crippen molar-refractivity contribution in [2.45, 2.75) is 19.0 Å². The molecule has 1 heterocycles. The molecule has 1 amide bonds. The fourth-order valence-electron chi connectivity index (χ4n) is 2.57. The minimum absolute atomic E-state index is 0.0206. The van der Waals surface area contributed by atoms with Crippen LogP contribution in [0.25, 0.3) is 16.9 Å². The lowest BCUT2D eigenvalue weighted by Crippen LogP contribution is -2.24. The second kappa shape index (κ2) is 8.03. The van der Waals surface area contributed by atoms with E-state index in [1.165, 1.54) is 17.3 Å². The summed E-state index contributed by atoms with van der Waals surface area (Å²) in [5.74, 6) is 0.373. The third-order valence-electron chi connectivity index (χ3n) is 3.80. The van der Waals surface area contributed by atoms with Gasteiger partial charge in [0.15, 0.2) is 5.16 Å². The van der Waals surface area contributed by atoms with E-state index in [2.05, 4.69) is 58.2 Å². The SMILES string of the molecule is CCNC(=O)CSc1ncc(-c2ccccc2)n1-c1ccc(C)cc1. The predicted molar refractivity (Wildman–Crippen MR) is 103 cm³/mol. The minimum Gasteiger partial charge on any atom is -0.356 e. The molecule has 2 aromatic carbocycles. The van der Waals surface area contributed by atoms with Gasteiger partial charge < -0.3 is 5.32 Å². The summed E-state index contributed by atoms with van der Waals surface area (Å²) in [6, 6.07) is 18.5. The Bertz CT molecular complexity index is 841. The molecule has 0 spiro atoms. The van der Waals surface area contributed by atoms with Crippen LogP contribution in [0.2, 0.25) is 0 Å². The molecule has 0 saturated carbocycles. The van der Waals surface area contributed by atoms with Gasteiger partial charge in [0.05, 0.1) is 17.6 Å². The molecule has 0 atom stereocenters. The monoisotopic (exact) mass is 351 g/mol. The normalized spacial score (nSPS) is 10.6. The Balaban J connectivity index is 1.99. The van der Waals surface area contributed by atoms with Crippen molar-refractivity contribution in [2.24, 2.45) is 0 Å². The smallest absolute Gasteiger partial charge is 0.230 e. The number of imidazole rings is 1. The highest BCUT2D eigenvalue weighted by molar-refractivity contribution is 7.99. The molecule has 4 nitrogen and oxygen atoms in total. The van der Waals surface area contributed by atoms with Crippen LogP contribution in [0, 0.1) is 6.92 Å². The second-order valence-corrected chi connectivity index (χ2v) is 6.65. The van der Waals surface area contributed by atoms with E-state index in [-0.39, 0.29) is 5.91 Å². The average molecular weight is 351 g/mol. The van der Waals surface area contributed by atoms with E-state index < -0.39 is 0 Å². The van der Waals surface area contributed by atoms with Gasteiger partial charge in [-0.15, -0.1) is 0 Å². The molecule has 0 bridgehead atoms. The number of nitrogens with zero attached hydrogens (tertiary/aromatic N) is 2. The van der Waals surface area contributed by atoms with Gasteiger partial charge in [0.25, 0.3) is 0 Å². The summed E-state index contributed by atoms with van der Waals surface area (Å²) < 4.78 is 2.11. The maximum Gasteiger partial charge on any atom is 0.230 e. The fourth-order valence-corrected chi connectivity index (χ4v) is 3.39. The van der Waals surface area contributed by atoms with Gasteiger partial charge in [-0.2, -0.15) is 0 Å². The molecule has 5 heteroatoms. The van der Waals surface area contributed by atoms with E-state index in [4.69, 9.17) is 0 Å². The molecule has 0 aliphatic heterocycles. The Hall–Kier alpha value is -2.53. The molecule has 1 aromatic heterocycles. The molecule has 0 aliphatic carbocycles. The number of nitrogens with one attached hydrogen (secondary N) is 1. The van der Waals surface area contributed by atoms with Crippen molar-refractivity contribution in [3.8, 4) is 16.9 Å². The number of aromatic nitrogens is 2. The maximum atomic E-state index is 11.8. The molecule has 0 saturated heterocycles. The van der Waals surface area contributed by atoms with Crippen molar-refractivity contribution < 1.29 is 4.79 Å². The van der Waals surface area contributed by atoms with Crippen molar-refractivity contribution >= 4 is 17.7 Å². The summed E-state index contributed by atoms with van der Waals surface area (Å²) in [4.78, 5) is 16.4. The van der Waals surface area contributed by atoms with Crippen LogP contribution < -0.4 is 5.32 Å². The van der Waals surface area contributed by atoms with Gasteiger partial charge in [-0.05, 0) is 26.0 Å². The Morgan fingerprint density at radius 1 is 1.12 bits per heavy atom. The maximum absolute atomic E-state index is 11.8. The van der Waals surface area contributed by atoms with E-state index in [9.17, 15) is 4.79 Å². The number of hydrogen-bond acceptors (Lipinski definition) is 3. The van der Waals surface area contributed by atoms with Crippen molar-refractivity contribution in [2.75, 3.05) is 12.3 Å². The first-order valence-electron chi connectivity index (χ1n) is 8.28. The highest BCUT2D eigenvalue weighted by atomic mass is 32.2. The number of thioether (sulfide) groups is 1. The minimum atomic E-state index is 0.0206. The number of hydrogen-bond donors (Lipinski definition) is 1. The van der Waals surface area contributed by atoms with Crippen LogP contribution in [0.15, 0.2) is 66.0 Å². The first-order chi connectivity index (χ1) is 12.2. The summed E-state index contributed by atoms with van der Waals surface area (Å²) >= 11 is 1.45. The van der Waals surface area contributed by atoms with Gasteiger partial charge in [-0.3, -0.25) is 9.36 Å². The van der Waals surface area contributed by atoms with Crippen LogP contribution in [-0.2, 0) is 4.79 Å². The molecule has 128 valence electrons. The lowest BCUT2D eigenvalue weighted by molar-refractivity contribution is -0.118. The molecule has 3 rings (SSSR count). The number of rotatable bonds is 6. The third-order valence-corrected chi connectivity index (χ3v) is 4.75. The molecule has 0 unspecified atom stereocenters. The number of carbonyl (C=O) groups excluding carboxylic acids is 1. The van der Waals surface area contributed by atoms with Crippen molar-refractivity contribution in [3.05, 3.63) is 66.4 Å². The van der Waals surface area contributed by atoms with E-state index in [1.807, 2.05) is 31.3 Å². The van der Waals surface area contributed by atoms with Crippen LogP contribution in [0.3, 0.4) is 0 Å². The van der Waals surface area contributed by atoms with Crippen LogP contribution in [0.4, 0.5) is 0 Å². The van der Waals surface area contributed by atoms with Crippen LogP contribution in [-0.4, -0.2) is 27.8 Å². The van der Waals surface area contributed by atoms with E-state index in [0.717, 1.165) is 22.1 Å². The number of carbonyl (C=O) groups is 1. The highest BCUT2D eigenvalue weighted by Crippen LogP contribution is 2.29. The molecular weight excluding hydrogens is 330 g/mol. The van der Waals surface area contributed by atoms with Crippen molar-refractivity contribution in [3.63, 3.8) is 0 Å². The summed E-state index contributed by atoms with van der Waals surface area (Å²) in [6.45, 7) is 4.63. The molecule has 0 aliphatic rings. The van der Waals surface area contributed by atoms with Crippen molar-refractivity contribution in [1.82, 2.24) is 14.9 Å². The zero-order valence-corrected chi connectivity index (χ0v) is 15.2. The molecule has 3 aromatic rings. The van der Waals surface area contributed by atoms with Gasteiger partial charge in [-0.25, -0.2) is 4.98 Å². The third kappa shape index (κ3) is 4.12. The van der Waals surface area contributed by atoms with Crippen LogP contribution in [0.1, 0.15) is 12.5 Å². The standard InChI is InChI=1S/C20H21N3OS/c1-3-21-19(24)14-25-20-22-13-18(16-7-5-4-6-8-16)23(20)17-11-9-15(2)10-12-17/h4-13H,3,14H2,1-2H3,(H,21,24). The van der Waals surface area contributed by atoms with Crippen molar-refractivity contribution in [1.29, 1.82) is 0 Å². The molecule has 0 fully saturated rings. The summed E-state index contributed by atoms with van der Waals surface area (Å²) in [7, 11) is 0. The quantitative estimate of drug-likeness (QED) is 0.681. The van der Waals surface area contributed by atoms with E-state index in [0.29, 0.717) is 12.3 Å². The largest absolute Gasteiger partial charge is 0.356 e. The van der Waals surface area contributed by atoms with E-state index >= 15 is 0 Å². The van der Waals surface area contributed by atoms with E-state index in [1.54, 1.807) is 0 Å². The molecule has 25 heavy (non-hydrogen) atoms. The fraction of sp³-hybridized carbons (Fsp3) is 0.200. The van der Waals surface area contributed by atoms with Crippen LogP contribution in [0.5, 0.6) is 0 Å². The Morgan fingerprint density at radius 2 is 1.84 bits per heavy atom. The summed E-state index contributed by atoms with van der Waals surface area (Å²) in [5, 5.41) is 3.64. The lowest BCUT2D eigenvalue weighted by Gasteiger charge is -2.12. The molecule has 0 radical (unpaired) electrons. The lowest BCUT2D eigenvalue weighted by atomic mass is 10.1. The summed E-state index contributed by atoms with van der Waals surface area (Å²) in [6.07, 6.45) is 1.87. The first kappa shape index (κ1) is 17.3. The second-order valence-electron chi connectivity index (χ2n) is 5.71. The molecule has 1 N–H and O–H groups in total. The topological polar surface area (TPSA) is 46.9 Å². The van der Waals surface area contributed by atoms with Gasteiger partial charge >= 0.3 is 0 Å². The Morgan fingerprint density at radius 3 is 2.52 bits per heavy atom. The highest BCUT2D eigenvalue weighted by Gasteiger charge is 2.15.